The molecule has 3 aromatic rings. The maximum atomic E-state index is 12.4. The predicted octanol–water partition coefficient (Wildman–Crippen LogP) is 4.63. The van der Waals surface area contributed by atoms with E-state index in [-0.39, 0.29) is 11.8 Å². The normalized spacial score (nSPS) is 11.3. The third kappa shape index (κ3) is 6.38. The Kier molecular flexibility index (Phi) is 7.05. The summed E-state index contributed by atoms with van der Waals surface area (Å²) in [5.74, 6) is 0.761. The van der Waals surface area contributed by atoms with E-state index >= 15 is 0 Å². The van der Waals surface area contributed by atoms with Gasteiger partial charge < -0.3 is 20.1 Å². The Morgan fingerprint density at radius 3 is 2.27 bits per heavy atom. The first kappa shape index (κ1) is 20.9. The van der Waals surface area contributed by atoms with Crippen LogP contribution >= 0.6 is 0 Å². The molecule has 0 spiro atoms. The van der Waals surface area contributed by atoms with Gasteiger partial charge >= 0.3 is 0 Å². The molecule has 0 unspecified atom stereocenters. The standard InChI is InChI=1S/C24H24N2O4/c1-17(30-23-10-6-9-21(15-23)25-18(2)27)24(28)26-20-11-13-22(14-12-20)29-16-19-7-4-3-5-8-19/h3-15,17H,16H2,1-2H3,(H,25,27)(H,26,28)/t17-/m1/s1. The lowest BCUT2D eigenvalue weighted by atomic mass is 10.2. The van der Waals surface area contributed by atoms with Crippen LogP contribution in [0.15, 0.2) is 78.9 Å². The first-order chi connectivity index (χ1) is 14.5. The van der Waals surface area contributed by atoms with E-state index in [0.717, 1.165) is 11.3 Å². The van der Waals surface area contributed by atoms with Crippen molar-refractivity contribution in [1.29, 1.82) is 0 Å². The Bertz CT molecular complexity index is 988. The van der Waals surface area contributed by atoms with Gasteiger partial charge in [-0.15, -0.1) is 0 Å². The summed E-state index contributed by atoms with van der Waals surface area (Å²) in [6.07, 6.45) is -0.716. The number of hydrogen-bond acceptors (Lipinski definition) is 4. The van der Waals surface area contributed by atoms with Crippen molar-refractivity contribution in [2.75, 3.05) is 10.6 Å². The second-order valence-corrected chi connectivity index (χ2v) is 6.76. The van der Waals surface area contributed by atoms with Gasteiger partial charge in [-0.25, -0.2) is 0 Å². The molecule has 154 valence electrons. The van der Waals surface area contributed by atoms with Crippen molar-refractivity contribution in [3.63, 3.8) is 0 Å². The molecule has 30 heavy (non-hydrogen) atoms. The average Bonchev–Trinajstić information content (AvgIpc) is 2.74. The van der Waals surface area contributed by atoms with E-state index < -0.39 is 6.10 Å². The SMILES string of the molecule is CC(=O)Nc1cccc(O[C@H](C)C(=O)Nc2ccc(OCc3ccccc3)cc2)c1. The number of hydrogen-bond donors (Lipinski definition) is 2. The summed E-state index contributed by atoms with van der Waals surface area (Å²) in [5.41, 5.74) is 2.34. The smallest absolute Gasteiger partial charge is 0.265 e. The number of benzene rings is 3. The van der Waals surface area contributed by atoms with Gasteiger partial charge in [-0.2, -0.15) is 0 Å². The van der Waals surface area contributed by atoms with Crippen LogP contribution in [0.5, 0.6) is 11.5 Å². The highest BCUT2D eigenvalue weighted by Gasteiger charge is 2.15. The second-order valence-electron chi connectivity index (χ2n) is 6.76. The van der Waals surface area contributed by atoms with Crippen molar-refractivity contribution in [2.24, 2.45) is 0 Å². The monoisotopic (exact) mass is 404 g/mol. The molecule has 2 amide bonds. The van der Waals surface area contributed by atoms with Crippen LogP contribution in [0, 0.1) is 0 Å². The van der Waals surface area contributed by atoms with E-state index in [9.17, 15) is 9.59 Å². The van der Waals surface area contributed by atoms with Crippen molar-refractivity contribution in [1.82, 2.24) is 0 Å². The van der Waals surface area contributed by atoms with Crippen LogP contribution in [0.25, 0.3) is 0 Å². The number of rotatable bonds is 8. The van der Waals surface area contributed by atoms with Gasteiger partial charge in [0.15, 0.2) is 6.10 Å². The van der Waals surface area contributed by atoms with Crippen molar-refractivity contribution >= 4 is 23.2 Å². The van der Waals surface area contributed by atoms with E-state index in [1.165, 1.54) is 6.92 Å². The fourth-order valence-electron chi connectivity index (χ4n) is 2.73. The topological polar surface area (TPSA) is 76.7 Å². The number of nitrogens with one attached hydrogen (secondary N) is 2. The summed E-state index contributed by atoms with van der Waals surface area (Å²) < 4.78 is 11.4. The fraction of sp³-hybridized carbons (Fsp3) is 0.167. The summed E-state index contributed by atoms with van der Waals surface area (Å²) >= 11 is 0. The lowest BCUT2D eigenvalue weighted by Gasteiger charge is -2.16. The minimum absolute atomic E-state index is 0.172. The molecule has 0 saturated heterocycles. The van der Waals surface area contributed by atoms with Gasteiger partial charge in [0, 0.05) is 24.4 Å². The summed E-state index contributed by atoms with van der Waals surface area (Å²) in [6.45, 7) is 3.58. The Morgan fingerprint density at radius 1 is 0.833 bits per heavy atom. The molecule has 0 saturated carbocycles. The zero-order valence-electron chi connectivity index (χ0n) is 16.9. The number of carbonyl (C=O) groups excluding carboxylic acids is 2. The molecule has 0 aliphatic carbocycles. The molecule has 2 N–H and O–H groups in total. The molecule has 3 aromatic carbocycles. The molecule has 0 aliphatic heterocycles. The summed E-state index contributed by atoms with van der Waals surface area (Å²) in [6, 6.07) is 24.0. The zero-order chi connectivity index (χ0) is 21.3. The summed E-state index contributed by atoms with van der Waals surface area (Å²) in [4.78, 5) is 23.6. The lowest BCUT2D eigenvalue weighted by molar-refractivity contribution is -0.122. The summed E-state index contributed by atoms with van der Waals surface area (Å²) in [7, 11) is 0. The second kappa shape index (κ2) is 10.1. The van der Waals surface area contributed by atoms with E-state index in [4.69, 9.17) is 9.47 Å². The van der Waals surface area contributed by atoms with Crippen molar-refractivity contribution in [3.05, 3.63) is 84.4 Å². The van der Waals surface area contributed by atoms with E-state index in [1.807, 2.05) is 30.3 Å². The van der Waals surface area contributed by atoms with Crippen LogP contribution in [0.3, 0.4) is 0 Å². The molecular weight excluding hydrogens is 380 g/mol. The highest BCUT2D eigenvalue weighted by atomic mass is 16.5. The maximum absolute atomic E-state index is 12.4. The molecule has 0 aromatic heterocycles. The Labute approximate surface area is 175 Å². The average molecular weight is 404 g/mol. The van der Waals surface area contributed by atoms with E-state index in [1.54, 1.807) is 55.5 Å². The van der Waals surface area contributed by atoms with Crippen LogP contribution < -0.4 is 20.1 Å². The minimum atomic E-state index is -0.716. The highest BCUT2D eigenvalue weighted by Crippen LogP contribution is 2.20. The minimum Gasteiger partial charge on any atom is -0.489 e. The molecule has 6 nitrogen and oxygen atoms in total. The van der Waals surface area contributed by atoms with Gasteiger partial charge in [0.05, 0.1) is 0 Å². The molecule has 0 aliphatic rings. The molecule has 0 fully saturated rings. The van der Waals surface area contributed by atoms with Gasteiger partial charge in [-0.1, -0.05) is 36.4 Å². The van der Waals surface area contributed by atoms with Crippen molar-refractivity contribution < 1.29 is 19.1 Å². The molecule has 0 radical (unpaired) electrons. The Balaban J connectivity index is 1.52. The first-order valence-corrected chi connectivity index (χ1v) is 9.61. The van der Waals surface area contributed by atoms with Crippen LogP contribution in [-0.2, 0) is 16.2 Å². The van der Waals surface area contributed by atoms with Gasteiger partial charge in [-0.05, 0) is 48.9 Å². The quantitative estimate of drug-likeness (QED) is 0.574. The molecule has 0 heterocycles. The van der Waals surface area contributed by atoms with Crippen LogP contribution in [0.4, 0.5) is 11.4 Å². The zero-order valence-corrected chi connectivity index (χ0v) is 16.9. The number of amides is 2. The highest BCUT2D eigenvalue weighted by molar-refractivity contribution is 5.94. The van der Waals surface area contributed by atoms with Gasteiger partial charge in [0.1, 0.15) is 18.1 Å². The largest absolute Gasteiger partial charge is 0.489 e. The predicted molar refractivity (Wildman–Crippen MR) is 117 cm³/mol. The van der Waals surface area contributed by atoms with Crippen molar-refractivity contribution in [2.45, 2.75) is 26.6 Å². The third-order valence-electron chi connectivity index (χ3n) is 4.21. The molecule has 6 heteroatoms. The fourth-order valence-corrected chi connectivity index (χ4v) is 2.73. The maximum Gasteiger partial charge on any atom is 0.265 e. The Morgan fingerprint density at radius 2 is 1.57 bits per heavy atom. The molecule has 0 bridgehead atoms. The number of carbonyl (C=O) groups is 2. The summed E-state index contributed by atoms with van der Waals surface area (Å²) in [5, 5.41) is 5.50. The number of ether oxygens (including phenoxy) is 2. The van der Waals surface area contributed by atoms with Gasteiger partial charge in [0.25, 0.3) is 5.91 Å². The molecule has 3 rings (SSSR count). The van der Waals surface area contributed by atoms with Gasteiger partial charge in [-0.3, -0.25) is 9.59 Å². The number of anilines is 2. The van der Waals surface area contributed by atoms with Gasteiger partial charge in [0.2, 0.25) is 5.91 Å². The molecule has 1 atom stereocenters. The van der Waals surface area contributed by atoms with Crippen LogP contribution in [0.2, 0.25) is 0 Å². The lowest BCUT2D eigenvalue weighted by Crippen LogP contribution is -2.30. The van der Waals surface area contributed by atoms with E-state index in [0.29, 0.717) is 23.7 Å². The van der Waals surface area contributed by atoms with Crippen LogP contribution in [0.1, 0.15) is 19.4 Å². The Hall–Kier alpha value is -3.80. The molecular formula is C24H24N2O4. The third-order valence-corrected chi connectivity index (χ3v) is 4.21. The van der Waals surface area contributed by atoms with Crippen molar-refractivity contribution in [3.8, 4) is 11.5 Å². The van der Waals surface area contributed by atoms with E-state index in [2.05, 4.69) is 10.6 Å². The first-order valence-electron chi connectivity index (χ1n) is 9.61. The van der Waals surface area contributed by atoms with Crippen LogP contribution in [-0.4, -0.2) is 17.9 Å².